The van der Waals surface area contributed by atoms with Crippen LogP contribution in [0.2, 0.25) is 5.02 Å². The average molecular weight is 341 g/mol. The minimum atomic E-state index is 0.274. The molecule has 1 aliphatic heterocycles. The molecular formula is C18H17ClN4O. The van der Waals surface area contributed by atoms with Crippen LogP contribution in [0, 0.1) is 0 Å². The van der Waals surface area contributed by atoms with Gasteiger partial charge in [0, 0.05) is 36.1 Å². The highest BCUT2D eigenvalue weighted by atomic mass is 35.5. The number of aromatic nitrogens is 3. The Morgan fingerprint density at radius 2 is 2.00 bits per heavy atom. The van der Waals surface area contributed by atoms with Gasteiger partial charge in [-0.25, -0.2) is 0 Å². The summed E-state index contributed by atoms with van der Waals surface area (Å²) in [5, 5.41) is 4.92. The van der Waals surface area contributed by atoms with Gasteiger partial charge in [0.05, 0.1) is 5.92 Å². The number of nitrogens with zero attached hydrogens (tertiary/aromatic N) is 4. The molecule has 0 radical (unpaired) electrons. The number of rotatable bonds is 4. The van der Waals surface area contributed by atoms with Gasteiger partial charge < -0.3 is 4.52 Å². The molecule has 1 saturated heterocycles. The summed E-state index contributed by atoms with van der Waals surface area (Å²) in [4.78, 5) is 10.9. The Hall–Kier alpha value is -2.24. The normalized spacial score (nSPS) is 18.1. The Bertz CT molecular complexity index is 821. The predicted molar refractivity (Wildman–Crippen MR) is 91.6 cm³/mol. The van der Waals surface area contributed by atoms with Gasteiger partial charge >= 0.3 is 0 Å². The van der Waals surface area contributed by atoms with Crippen LogP contribution >= 0.6 is 11.6 Å². The maximum absolute atomic E-state index is 6.25. The summed E-state index contributed by atoms with van der Waals surface area (Å²) >= 11 is 6.25. The van der Waals surface area contributed by atoms with Crippen molar-refractivity contribution in [3.8, 4) is 11.4 Å². The fourth-order valence-electron chi connectivity index (χ4n) is 3.06. The SMILES string of the molecule is Clc1ccccc1CN1CC[C@@H](c2nc(-c3ccncc3)no2)C1. The topological polar surface area (TPSA) is 55.1 Å². The zero-order valence-corrected chi connectivity index (χ0v) is 13.9. The highest BCUT2D eigenvalue weighted by molar-refractivity contribution is 6.31. The lowest BCUT2D eigenvalue weighted by Gasteiger charge is -2.16. The summed E-state index contributed by atoms with van der Waals surface area (Å²) in [6.07, 6.45) is 4.47. The van der Waals surface area contributed by atoms with E-state index in [0.717, 1.165) is 42.2 Å². The molecule has 0 aliphatic carbocycles. The van der Waals surface area contributed by atoms with Gasteiger partial charge in [-0.3, -0.25) is 9.88 Å². The summed E-state index contributed by atoms with van der Waals surface area (Å²) < 4.78 is 5.49. The molecule has 0 unspecified atom stereocenters. The Labute approximate surface area is 145 Å². The van der Waals surface area contributed by atoms with Crippen molar-refractivity contribution in [3.05, 3.63) is 65.3 Å². The molecule has 0 amide bonds. The lowest BCUT2D eigenvalue weighted by Crippen LogP contribution is -2.20. The molecule has 122 valence electrons. The molecule has 1 aromatic carbocycles. The van der Waals surface area contributed by atoms with Crippen LogP contribution < -0.4 is 0 Å². The minimum absolute atomic E-state index is 0.274. The van der Waals surface area contributed by atoms with Crippen LogP contribution in [-0.2, 0) is 6.54 Å². The van der Waals surface area contributed by atoms with Gasteiger partial charge in [-0.1, -0.05) is 35.0 Å². The largest absolute Gasteiger partial charge is 0.339 e. The summed E-state index contributed by atoms with van der Waals surface area (Å²) in [5.41, 5.74) is 2.08. The van der Waals surface area contributed by atoms with E-state index in [9.17, 15) is 0 Å². The average Bonchev–Trinajstić information content (AvgIpc) is 3.27. The monoisotopic (exact) mass is 340 g/mol. The number of hydrogen-bond acceptors (Lipinski definition) is 5. The van der Waals surface area contributed by atoms with Crippen LogP contribution in [0.1, 0.15) is 23.8 Å². The summed E-state index contributed by atoms with van der Waals surface area (Å²) in [6, 6.07) is 11.7. The van der Waals surface area contributed by atoms with Crippen LogP contribution in [0.5, 0.6) is 0 Å². The second kappa shape index (κ2) is 6.71. The summed E-state index contributed by atoms with van der Waals surface area (Å²) in [6.45, 7) is 2.76. The quantitative estimate of drug-likeness (QED) is 0.723. The minimum Gasteiger partial charge on any atom is -0.339 e. The Kier molecular flexibility index (Phi) is 4.28. The van der Waals surface area contributed by atoms with Crippen LogP contribution in [-0.4, -0.2) is 33.1 Å². The van der Waals surface area contributed by atoms with Crippen molar-refractivity contribution in [1.82, 2.24) is 20.0 Å². The summed E-state index contributed by atoms with van der Waals surface area (Å²) in [7, 11) is 0. The van der Waals surface area contributed by atoms with Gasteiger partial charge in [-0.05, 0) is 36.7 Å². The lowest BCUT2D eigenvalue weighted by atomic mass is 10.1. The van der Waals surface area contributed by atoms with E-state index in [4.69, 9.17) is 16.1 Å². The van der Waals surface area contributed by atoms with Crippen molar-refractivity contribution in [3.63, 3.8) is 0 Å². The molecule has 1 fully saturated rings. The van der Waals surface area contributed by atoms with Crippen LogP contribution in [0.15, 0.2) is 53.3 Å². The first-order valence-electron chi connectivity index (χ1n) is 7.99. The molecule has 1 atom stereocenters. The van der Waals surface area contributed by atoms with E-state index in [2.05, 4.69) is 26.1 Å². The van der Waals surface area contributed by atoms with Gasteiger partial charge in [0.2, 0.25) is 11.7 Å². The number of halogens is 1. The van der Waals surface area contributed by atoms with Gasteiger partial charge in [0.1, 0.15) is 0 Å². The van der Waals surface area contributed by atoms with Crippen molar-refractivity contribution in [2.45, 2.75) is 18.9 Å². The highest BCUT2D eigenvalue weighted by Crippen LogP contribution is 2.29. The van der Waals surface area contributed by atoms with E-state index >= 15 is 0 Å². The van der Waals surface area contributed by atoms with Crippen LogP contribution in [0.3, 0.4) is 0 Å². The van der Waals surface area contributed by atoms with Crippen molar-refractivity contribution < 1.29 is 4.52 Å². The molecule has 0 saturated carbocycles. The molecule has 3 heterocycles. The summed E-state index contributed by atoms with van der Waals surface area (Å²) in [5.74, 6) is 1.61. The molecule has 1 aliphatic rings. The number of hydrogen-bond donors (Lipinski definition) is 0. The van der Waals surface area contributed by atoms with Gasteiger partial charge in [0.25, 0.3) is 0 Å². The Morgan fingerprint density at radius 1 is 1.17 bits per heavy atom. The van der Waals surface area contributed by atoms with Crippen molar-refractivity contribution in [2.75, 3.05) is 13.1 Å². The molecular weight excluding hydrogens is 324 g/mol. The number of pyridine rings is 1. The van der Waals surface area contributed by atoms with E-state index in [1.807, 2.05) is 30.3 Å². The molecule has 4 rings (SSSR count). The molecule has 3 aromatic rings. The molecule has 2 aromatic heterocycles. The third-order valence-electron chi connectivity index (χ3n) is 4.35. The Morgan fingerprint density at radius 3 is 2.83 bits per heavy atom. The maximum Gasteiger partial charge on any atom is 0.231 e. The van der Waals surface area contributed by atoms with Crippen molar-refractivity contribution in [2.24, 2.45) is 0 Å². The van der Waals surface area contributed by atoms with Crippen molar-refractivity contribution >= 4 is 11.6 Å². The number of likely N-dealkylation sites (tertiary alicyclic amines) is 1. The third-order valence-corrected chi connectivity index (χ3v) is 4.72. The van der Waals surface area contributed by atoms with E-state index in [-0.39, 0.29) is 5.92 Å². The fourth-order valence-corrected chi connectivity index (χ4v) is 3.26. The lowest BCUT2D eigenvalue weighted by molar-refractivity contribution is 0.309. The molecule has 5 nitrogen and oxygen atoms in total. The van der Waals surface area contributed by atoms with E-state index < -0.39 is 0 Å². The molecule has 0 spiro atoms. The van der Waals surface area contributed by atoms with Crippen LogP contribution in [0.25, 0.3) is 11.4 Å². The number of benzene rings is 1. The predicted octanol–water partition coefficient (Wildman–Crippen LogP) is 3.77. The molecule has 24 heavy (non-hydrogen) atoms. The van der Waals surface area contributed by atoms with E-state index in [1.165, 1.54) is 0 Å². The zero-order chi connectivity index (χ0) is 16.4. The van der Waals surface area contributed by atoms with E-state index in [1.54, 1.807) is 12.4 Å². The van der Waals surface area contributed by atoms with Gasteiger partial charge in [0.15, 0.2) is 0 Å². The first kappa shape index (κ1) is 15.3. The standard InChI is InChI=1S/C18H17ClN4O/c19-16-4-2-1-3-14(16)11-23-10-7-15(12-23)18-21-17(22-24-18)13-5-8-20-9-6-13/h1-6,8-9,15H,7,10-12H2/t15-/m1/s1. The first-order chi connectivity index (χ1) is 11.8. The smallest absolute Gasteiger partial charge is 0.231 e. The van der Waals surface area contributed by atoms with E-state index in [0.29, 0.717) is 11.7 Å². The fraction of sp³-hybridized carbons (Fsp3) is 0.278. The molecule has 0 N–H and O–H groups in total. The highest BCUT2D eigenvalue weighted by Gasteiger charge is 2.28. The molecule has 0 bridgehead atoms. The van der Waals surface area contributed by atoms with Crippen LogP contribution in [0.4, 0.5) is 0 Å². The van der Waals surface area contributed by atoms with Gasteiger partial charge in [-0.2, -0.15) is 4.98 Å². The second-order valence-corrected chi connectivity index (χ2v) is 6.41. The maximum atomic E-state index is 6.25. The third kappa shape index (κ3) is 3.18. The molecule has 6 heteroatoms. The van der Waals surface area contributed by atoms with Crippen molar-refractivity contribution in [1.29, 1.82) is 0 Å². The second-order valence-electron chi connectivity index (χ2n) is 6.00. The Balaban J connectivity index is 1.44. The zero-order valence-electron chi connectivity index (χ0n) is 13.1. The van der Waals surface area contributed by atoms with Gasteiger partial charge in [-0.15, -0.1) is 0 Å². The first-order valence-corrected chi connectivity index (χ1v) is 8.37.